The molecule has 1 fully saturated rings. The van der Waals surface area contributed by atoms with E-state index in [1.54, 1.807) is 6.20 Å². The monoisotopic (exact) mass is 348 g/mol. The van der Waals surface area contributed by atoms with Crippen LogP contribution in [0.4, 0.5) is 0 Å². The van der Waals surface area contributed by atoms with Crippen molar-refractivity contribution < 1.29 is 9.05 Å². The van der Waals surface area contributed by atoms with Gasteiger partial charge in [0.15, 0.2) is 0 Å². The molecule has 0 amide bonds. The van der Waals surface area contributed by atoms with E-state index in [1.165, 1.54) is 0 Å². The van der Waals surface area contributed by atoms with Crippen LogP contribution in [0.3, 0.4) is 0 Å². The molecule has 0 bridgehead atoms. The van der Waals surface area contributed by atoms with E-state index >= 15 is 0 Å². The zero-order chi connectivity index (χ0) is 16.3. The van der Waals surface area contributed by atoms with Gasteiger partial charge in [0.05, 0.1) is 12.7 Å². The normalized spacial score (nSPS) is 26.8. The Hall–Kier alpha value is -1.10. The molecule has 0 radical (unpaired) electrons. The van der Waals surface area contributed by atoms with Crippen molar-refractivity contribution in [2.24, 2.45) is 5.41 Å². The van der Waals surface area contributed by atoms with Gasteiger partial charge >= 0.3 is 0 Å². The first kappa shape index (κ1) is 16.7. The molecular weight excluding hydrogens is 327 g/mol. The molecule has 1 aromatic heterocycles. The largest absolute Gasteiger partial charge is 0.317 e. The first-order chi connectivity index (χ1) is 11.0. The molecule has 1 aromatic carbocycles. The summed E-state index contributed by atoms with van der Waals surface area (Å²) in [6, 6.07) is 14.1. The smallest absolute Gasteiger partial charge is 0.262 e. The maximum atomic E-state index is 6.27. The summed E-state index contributed by atoms with van der Waals surface area (Å²) in [5.74, 6) is 0. The van der Waals surface area contributed by atoms with Crippen molar-refractivity contribution in [2.45, 2.75) is 26.5 Å². The Kier molecular flexibility index (Phi) is 4.95. The predicted molar refractivity (Wildman–Crippen MR) is 95.4 cm³/mol. The first-order valence-electron chi connectivity index (χ1n) is 7.60. The van der Waals surface area contributed by atoms with Crippen LogP contribution in [0.15, 0.2) is 54.9 Å². The lowest BCUT2D eigenvalue weighted by atomic mass is 9.83. The van der Waals surface area contributed by atoms with Crippen LogP contribution < -0.4 is 5.09 Å². The maximum absolute atomic E-state index is 6.27. The van der Waals surface area contributed by atoms with E-state index < -0.39 is 6.64 Å². The second-order valence-corrected chi connectivity index (χ2v) is 9.57. The molecule has 1 aliphatic rings. The second kappa shape index (κ2) is 6.80. The highest BCUT2D eigenvalue weighted by Crippen LogP contribution is 2.58. The fraction of sp³-hybridized carbons (Fsp3) is 0.353. The maximum Gasteiger partial charge on any atom is 0.262 e. The molecule has 4 nitrogen and oxygen atoms in total. The number of hydrogen-bond acceptors (Lipinski definition) is 4. The summed E-state index contributed by atoms with van der Waals surface area (Å²) in [5, 5.41) is 3.29. The summed E-state index contributed by atoms with van der Waals surface area (Å²) >= 11 is 5.67. The Morgan fingerprint density at radius 2 is 2.04 bits per heavy atom. The van der Waals surface area contributed by atoms with Crippen molar-refractivity contribution in [2.75, 3.05) is 6.61 Å². The zero-order valence-electron chi connectivity index (χ0n) is 13.3. The van der Waals surface area contributed by atoms with Crippen molar-refractivity contribution in [3.8, 4) is 0 Å². The molecule has 6 heteroatoms. The Labute approximate surface area is 142 Å². The van der Waals surface area contributed by atoms with Gasteiger partial charge in [0.25, 0.3) is 6.64 Å². The molecule has 0 saturated carbocycles. The van der Waals surface area contributed by atoms with Gasteiger partial charge < -0.3 is 9.05 Å². The van der Waals surface area contributed by atoms with E-state index in [-0.39, 0.29) is 11.5 Å². The van der Waals surface area contributed by atoms with E-state index in [4.69, 9.17) is 20.9 Å². The summed E-state index contributed by atoms with van der Waals surface area (Å²) in [7, 11) is 0. The van der Waals surface area contributed by atoms with Crippen molar-refractivity contribution in [1.82, 2.24) is 10.1 Å². The molecule has 2 aromatic rings. The number of aromatic nitrogens is 1. The SMILES string of the molecule is CC1(C)CO[P@](=S)(NCc2cccnc2)O[C@H]1c1ccccc1. The van der Waals surface area contributed by atoms with Gasteiger partial charge in [0.2, 0.25) is 0 Å². The number of pyridine rings is 1. The van der Waals surface area contributed by atoms with Crippen LogP contribution in [0.1, 0.15) is 31.1 Å². The van der Waals surface area contributed by atoms with Crippen LogP contribution in [0.25, 0.3) is 0 Å². The quantitative estimate of drug-likeness (QED) is 0.839. The van der Waals surface area contributed by atoms with Crippen molar-refractivity contribution >= 4 is 18.4 Å². The standard InChI is InChI=1S/C17H21N2O2PS/c1-17(2)13-20-22(23,19-12-14-7-6-10-18-11-14)21-16(17)15-8-4-3-5-9-15/h3-11,16H,12-13H2,1-2H3,(H,19,23)/t16-,22+/m0/s1. The first-order valence-corrected chi connectivity index (χ1v) is 10.2. The van der Waals surface area contributed by atoms with Gasteiger partial charge in [-0.25, -0.2) is 5.09 Å². The molecule has 2 heterocycles. The number of nitrogens with one attached hydrogen (secondary N) is 1. The highest BCUT2D eigenvalue weighted by molar-refractivity contribution is 8.09. The summed E-state index contributed by atoms with van der Waals surface area (Å²) in [5.41, 5.74) is 2.07. The van der Waals surface area contributed by atoms with Crippen LogP contribution in [0.5, 0.6) is 0 Å². The second-order valence-electron chi connectivity index (χ2n) is 6.35. The third-order valence-corrected chi connectivity index (χ3v) is 6.33. The molecule has 1 N–H and O–H groups in total. The Morgan fingerprint density at radius 3 is 2.74 bits per heavy atom. The fourth-order valence-corrected chi connectivity index (χ4v) is 4.95. The van der Waals surface area contributed by atoms with Crippen molar-refractivity contribution in [3.05, 3.63) is 66.0 Å². The number of rotatable bonds is 4. The minimum atomic E-state index is -2.52. The van der Waals surface area contributed by atoms with Gasteiger partial charge in [-0.15, -0.1) is 0 Å². The molecule has 3 rings (SSSR count). The van der Waals surface area contributed by atoms with Gasteiger partial charge in [-0.2, -0.15) is 0 Å². The number of benzene rings is 1. The lowest BCUT2D eigenvalue weighted by molar-refractivity contribution is -0.0151. The van der Waals surface area contributed by atoms with E-state index in [0.29, 0.717) is 13.2 Å². The molecule has 2 atom stereocenters. The van der Waals surface area contributed by atoms with E-state index in [1.807, 2.05) is 36.5 Å². The minimum Gasteiger partial charge on any atom is -0.317 e. The van der Waals surface area contributed by atoms with Crippen molar-refractivity contribution in [1.29, 1.82) is 0 Å². The average molecular weight is 348 g/mol. The van der Waals surface area contributed by atoms with Gasteiger partial charge in [0, 0.05) is 24.4 Å². The molecule has 0 aliphatic carbocycles. The van der Waals surface area contributed by atoms with Crippen LogP contribution >= 0.6 is 6.64 Å². The summed E-state index contributed by atoms with van der Waals surface area (Å²) in [4.78, 5) is 4.11. The lowest BCUT2D eigenvalue weighted by Crippen LogP contribution is -2.35. The summed E-state index contributed by atoms with van der Waals surface area (Å²) < 4.78 is 12.2. The van der Waals surface area contributed by atoms with Crippen LogP contribution in [-0.2, 0) is 27.4 Å². The van der Waals surface area contributed by atoms with E-state index in [2.05, 4.69) is 36.1 Å². The third kappa shape index (κ3) is 4.06. The molecule has 1 aliphatic heterocycles. The van der Waals surface area contributed by atoms with Gasteiger partial charge in [0.1, 0.15) is 0 Å². The van der Waals surface area contributed by atoms with E-state index in [9.17, 15) is 0 Å². The summed E-state index contributed by atoms with van der Waals surface area (Å²) in [6.45, 7) is 2.93. The average Bonchev–Trinajstić information content (AvgIpc) is 2.58. The third-order valence-electron chi connectivity index (χ3n) is 3.86. The molecule has 0 spiro atoms. The van der Waals surface area contributed by atoms with Gasteiger partial charge in [-0.05, 0) is 29.0 Å². The highest BCUT2D eigenvalue weighted by Gasteiger charge is 2.42. The van der Waals surface area contributed by atoms with Crippen LogP contribution in [0, 0.1) is 5.41 Å². The molecule has 122 valence electrons. The molecule has 1 saturated heterocycles. The lowest BCUT2D eigenvalue weighted by Gasteiger charge is -2.43. The van der Waals surface area contributed by atoms with Crippen molar-refractivity contribution in [3.63, 3.8) is 0 Å². The molecule has 23 heavy (non-hydrogen) atoms. The van der Waals surface area contributed by atoms with E-state index in [0.717, 1.165) is 11.1 Å². The number of hydrogen-bond donors (Lipinski definition) is 1. The fourth-order valence-electron chi connectivity index (χ4n) is 2.55. The van der Waals surface area contributed by atoms with Gasteiger partial charge in [-0.1, -0.05) is 50.2 Å². The van der Waals surface area contributed by atoms with Crippen LogP contribution in [0.2, 0.25) is 0 Å². The summed E-state index contributed by atoms with van der Waals surface area (Å²) in [6.07, 6.45) is 3.49. The number of nitrogens with zero attached hydrogens (tertiary/aromatic N) is 1. The Balaban J connectivity index is 1.75. The predicted octanol–water partition coefficient (Wildman–Crippen LogP) is 4.21. The highest BCUT2D eigenvalue weighted by atomic mass is 32.5. The topological polar surface area (TPSA) is 43.4 Å². The molecular formula is C17H21N2O2PS. The molecule has 0 unspecified atom stereocenters. The van der Waals surface area contributed by atoms with Gasteiger partial charge in [-0.3, -0.25) is 4.98 Å². The zero-order valence-corrected chi connectivity index (χ0v) is 15.0. The van der Waals surface area contributed by atoms with Crippen LogP contribution in [-0.4, -0.2) is 11.6 Å². The Morgan fingerprint density at radius 1 is 1.26 bits per heavy atom. The Bertz CT molecular complexity index is 694. The minimum absolute atomic E-state index is 0.0790.